The molecule has 5 nitrogen and oxygen atoms in total. The fraction of sp³-hybridized carbons (Fsp3) is 0.0417. The van der Waals surface area contributed by atoms with Crippen LogP contribution in [0, 0.1) is 0 Å². The van der Waals surface area contributed by atoms with E-state index < -0.39 is 0 Å². The van der Waals surface area contributed by atoms with Gasteiger partial charge in [-0.05, 0) is 36.4 Å². The molecule has 1 heterocycles. The lowest BCUT2D eigenvalue weighted by Gasteiger charge is -2.12. The van der Waals surface area contributed by atoms with Crippen LogP contribution in [0.15, 0.2) is 78.9 Å². The number of aromatic nitrogens is 1. The van der Waals surface area contributed by atoms with E-state index in [0.29, 0.717) is 33.2 Å². The lowest BCUT2D eigenvalue weighted by Crippen LogP contribution is -2.13. The van der Waals surface area contributed by atoms with Crippen molar-refractivity contribution in [1.29, 1.82) is 0 Å². The Labute approximate surface area is 178 Å². The summed E-state index contributed by atoms with van der Waals surface area (Å²) in [7, 11) is 0. The van der Waals surface area contributed by atoms with E-state index in [1.165, 1.54) is 6.92 Å². The highest BCUT2D eigenvalue weighted by Gasteiger charge is 2.15. The first kappa shape index (κ1) is 19.6. The summed E-state index contributed by atoms with van der Waals surface area (Å²) in [4.78, 5) is 29.2. The summed E-state index contributed by atoms with van der Waals surface area (Å²) in [6.07, 6.45) is 0. The summed E-state index contributed by atoms with van der Waals surface area (Å²) in [5, 5.41) is 6.92. The van der Waals surface area contributed by atoms with Crippen LogP contribution in [0.5, 0.6) is 0 Å². The monoisotopic (exact) mass is 415 g/mol. The summed E-state index contributed by atoms with van der Waals surface area (Å²) in [5.41, 5.74) is 3.75. The fourth-order valence-corrected chi connectivity index (χ4v) is 3.48. The van der Waals surface area contributed by atoms with Crippen LogP contribution in [0.2, 0.25) is 5.02 Å². The number of amides is 2. The maximum atomic E-state index is 13.2. The lowest BCUT2D eigenvalue weighted by molar-refractivity contribution is -0.114. The van der Waals surface area contributed by atoms with Gasteiger partial charge in [0.25, 0.3) is 5.91 Å². The first-order valence-corrected chi connectivity index (χ1v) is 9.73. The van der Waals surface area contributed by atoms with Crippen LogP contribution < -0.4 is 10.6 Å². The number of carbonyl (C=O) groups excluding carboxylic acids is 2. The predicted molar refractivity (Wildman–Crippen MR) is 121 cm³/mol. The smallest absolute Gasteiger partial charge is 0.256 e. The molecule has 30 heavy (non-hydrogen) atoms. The van der Waals surface area contributed by atoms with Crippen LogP contribution in [-0.2, 0) is 4.79 Å². The third kappa shape index (κ3) is 4.16. The van der Waals surface area contributed by atoms with Crippen molar-refractivity contribution in [3.05, 3.63) is 89.4 Å². The topological polar surface area (TPSA) is 71.1 Å². The molecule has 0 aliphatic rings. The van der Waals surface area contributed by atoms with Crippen molar-refractivity contribution in [2.45, 2.75) is 6.92 Å². The lowest BCUT2D eigenvalue weighted by atomic mass is 10.0. The van der Waals surface area contributed by atoms with Crippen molar-refractivity contribution >= 4 is 45.7 Å². The molecule has 0 saturated heterocycles. The standard InChI is InChI=1S/C24H18ClN3O2/c1-15(29)26-16-7-6-8-17(13-16)27-24(30)20-14-23(19-10-2-4-11-21(19)25)28-22-12-5-3-9-18(20)22/h2-14H,1H3,(H,26,29)(H,27,30). The predicted octanol–water partition coefficient (Wildman–Crippen LogP) is 5.77. The second-order valence-corrected chi connectivity index (χ2v) is 7.18. The molecule has 2 N–H and O–H groups in total. The number of halogens is 1. The molecule has 0 spiro atoms. The van der Waals surface area contributed by atoms with Crippen LogP contribution >= 0.6 is 11.6 Å². The molecule has 2 amide bonds. The number of para-hydroxylation sites is 1. The number of carbonyl (C=O) groups is 2. The van der Waals surface area contributed by atoms with Crippen molar-refractivity contribution in [2.75, 3.05) is 10.6 Å². The van der Waals surface area contributed by atoms with Gasteiger partial charge in [-0.15, -0.1) is 0 Å². The first-order chi connectivity index (χ1) is 14.5. The van der Waals surface area contributed by atoms with E-state index >= 15 is 0 Å². The highest BCUT2D eigenvalue weighted by atomic mass is 35.5. The Hall–Kier alpha value is -3.70. The quantitative estimate of drug-likeness (QED) is 0.444. The zero-order valence-electron chi connectivity index (χ0n) is 16.1. The van der Waals surface area contributed by atoms with Gasteiger partial charge in [0.05, 0.1) is 16.8 Å². The second-order valence-electron chi connectivity index (χ2n) is 6.77. The third-order valence-electron chi connectivity index (χ3n) is 4.55. The van der Waals surface area contributed by atoms with Gasteiger partial charge in [0.1, 0.15) is 0 Å². The van der Waals surface area contributed by atoms with E-state index in [9.17, 15) is 9.59 Å². The highest BCUT2D eigenvalue weighted by molar-refractivity contribution is 6.33. The van der Waals surface area contributed by atoms with Crippen LogP contribution in [0.25, 0.3) is 22.2 Å². The maximum absolute atomic E-state index is 13.2. The Balaban J connectivity index is 1.75. The van der Waals surface area contributed by atoms with Gasteiger partial charge in [-0.2, -0.15) is 0 Å². The van der Waals surface area contributed by atoms with E-state index in [-0.39, 0.29) is 11.8 Å². The zero-order chi connectivity index (χ0) is 21.1. The van der Waals surface area contributed by atoms with E-state index in [1.54, 1.807) is 36.4 Å². The van der Waals surface area contributed by atoms with Gasteiger partial charge < -0.3 is 10.6 Å². The summed E-state index contributed by atoms with van der Waals surface area (Å²) < 4.78 is 0. The Bertz CT molecular complexity index is 1270. The molecule has 0 saturated carbocycles. The Morgan fingerprint density at radius 3 is 2.30 bits per heavy atom. The van der Waals surface area contributed by atoms with Crippen molar-refractivity contribution in [3.8, 4) is 11.3 Å². The minimum Gasteiger partial charge on any atom is -0.326 e. The molecule has 4 rings (SSSR count). The number of pyridine rings is 1. The number of rotatable bonds is 4. The van der Waals surface area contributed by atoms with Gasteiger partial charge >= 0.3 is 0 Å². The van der Waals surface area contributed by atoms with E-state index in [0.717, 1.165) is 10.9 Å². The van der Waals surface area contributed by atoms with Gasteiger partial charge in [0.2, 0.25) is 5.91 Å². The molecule has 0 atom stereocenters. The van der Waals surface area contributed by atoms with Crippen molar-refractivity contribution in [2.24, 2.45) is 0 Å². The molecule has 0 bridgehead atoms. The average molecular weight is 416 g/mol. The largest absolute Gasteiger partial charge is 0.326 e. The van der Waals surface area contributed by atoms with Crippen molar-refractivity contribution in [1.82, 2.24) is 4.98 Å². The van der Waals surface area contributed by atoms with E-state index in [1.807, 2.05) is 42.5 Å². The Morgan fingerprint density at radius 2 is 1.53 bits per heavy atom. The normalized spacial score (nSPS) is 10.6. The molecule has 0 unspecified atom stereocenters. The molecule has 0 radical (unpaired) electrons. The highest BCUT2D eigenvalue weighted by Crippen LogP contribution is 2.30. The van der Waals surface area contributed by atoms with Gasteiger partial charge in [-0.25, -0.2) is 4.98 Å². The second kappa shape index (κ2) is 8.35. The molecule has 0 aliphatic heterocycles. The summed E-state index contributed by atoms with van der Waals surface area (Å²) in [6, 6.07) is 23.6. The third-order valence-corrected chi connectivity index (χ3v) is 4.88. The number of fused-ring (bicyclic) bond motifs is 1. The van der Waals surface area contributed by atoms with Gasteiger partial charge in [-0.1, -0.05) is 54.1 Å². The van der Waals surface area contributed by atoms with Gasteiger partial charge in [0, 0.05) is 34.3 Å². The zero-order valence-corrected chi connectivity index (χ0v) is 16.9. The minimum absolute atomic E-state index is 0.178. The number of hydrogen-bond acceptors (Lipinski definition) is 3. The molecular formula is C24H18ClN3O2. The molecule has 6 heteroatoms. The minimum atomic E-state index is -0.276. The first-order valence-electron chi connectivity index (χ1n) is 9.35. The average Bonchev–Trinajstić information content (AvgIpc) is 2.73. The molecule has 3 aromatic carbocycles. The molecule has 148 valence electrons. The van der Waals surface area contributed by atoms with E-state index in [2.05, 4.69) is 10.6 Å². The SMILES string of the molecule is CC(=O)Nc1cccc(NC(=O)c2cc(-c3ccccc3Cl)nc3ccccc23)c1. The molecular weight excluding hydrogens is 398 g/mol. The van der Waals surface area contributed by atoms with E-state index in [4.69, 9.17) is 16.6 Å². The van der Waals surface area contributed by atoms with Gasteiger partial charge in [0.15, 0.2) is 0 Å². The van der Waals surface area contributed by atoms with Crippen LogP contribution in [0.3, 0.4) is 0 Å². The van der Waals surface area contributed by atoms with Crippen LogP contribution in [-0.4, -0.2) is 16.8 Å². The summed E-state index contributed by atoms with van der Waals surface area (Å²) in [5.74, 6) is -0.454. The Morgan fingerprint density at radius 1 is 0.833 bits per heavy atom. The van der Waals surface area contributed by atoms with Gasteiger partial charge in [-0.3, -0.25) is 9.59 Å². The molecule has 4 aromatic rings. The number of hydrogen-bond donors (Lipinski definition) is 2. The molecule has 1 aromatic heterocycles. The number of benzene rings is 3. The Kier molecular flexibility index (Phi) is 5.46. The molecule has 0 fully saturated rings. The number of nitrogens with zero attached hydrogens (tertiary/aromatic N) is 1. The van der Waals surface area contributed by atoms with Crippen LogP contribution in [0.4, 0.5) is 11.4 Å². The maximum Gasteiger partial charge on any atom is 0.256 e. The summed E-state index contributed by atoms with van der Waals surface area (Å²) in [6.45, 7) is 1.44. The van der Waals surface area contributed by atoms with Crippen LogP contribution in [0.1, 0.15) is 17.3 Å². The molecule has 0 aliphatic carbocycles. The number of nitrogens with one attached hydrogen (secondary N) is 2. The van der Waals surface area contributed by atoms with Crippen molar-refractivity contribution in [3.63, 3.8) is 0 Å². The summed E-state index contributed by atoms with van der Waals surface area (Å²) >= 11 is 6.36. The number of anilines is 2. The van der Waals surface area contributed by atoms with Crippen molar-refractivity contribution < 1.29 is 9.59 Å². The fourth-order valence-electron chi connectivity index (χ4n) is 3.25.